The molecule has 0 aliphatic heterocycles. The average molecular weight is 365 g/mol. The number of hydrogen-bond donors (Lipinski definition) is 1. The fourth-order valence-corrected chi connectivity index (χ4v) is 3.98. The highest BCUT2D eigenvalue weighted by molar-refractivity contribution is 7.89. The number of benzene rings is 1. The molecular formula is C16H12FNO4S2. The highest BCUT2D eigenvalue weighted by Crippen LogP contribution is 2.21. The summed E-state index contributed by atoms with van der Waals surface area (Å²) in [6, 6.07) is 11.0. The molecule has 8 heteroatoms. The van der Waals surface area contributed by atoms with E-state index in [2.05, 4.69) is 4.72 Å². The number of carbonyl (C=O) groups is 1. The van der Waals surface area contributed by atoms with Gasteiger partial charge in [-0.2, -0.15) is 0 Å². The summed E-state index contributed by atoms with van der Waals surface area (Å²) >= 11 is 1.18. The van der Waals surface area contributed by atoms with Crippen molar-refractivity contribution in [2.45, 2.75) is 11.4 Å². The summed E-state index contributed by atoms with van der Waals surface area (Å²) in [7, 11) is -3.74. The van der Waals surface area contributed by atoms with E-state index in [9.17, 15) is 17.6 Å². The van der Waals surface area contributed by atoms with Crippen LogP contribution in [-0.2, 0) is 16.6 Å². The number of halogens is 1. The molecule has 0 radical (unpaired) electrons. The van der Waals surface area contributed by atoms with Crippen molar-refractivity contribution >= 4 is 27.1 Å². The zero-order valence-corrected chi connectivity index (χ0v) is 13.9. The summed E-state index contributed by atoms with van der Waals surface area (Å²) in [5.74, 6) is -0.527. The maximum atomic E-state index is 12.9. The molecule has 0 amide bonds. The summed E-state index contributed by atoms with van der Waals surface area (Å²) < 4.78 is 44.6. The lowest BCUT2D eigenvalue weighted by Crippen LogP contribution is -2.22. The Morgan fingerprint density at radius 3 is 2.54 bits per heavy atom. The quantitative estimate of drug-likeness (QED) is 0.681. The lowest BCUT2D eigenvalue weighted by molar-refractivity contribution is 0.101. The lowest BCUT2D eigenvalue weighted by Gasteiger charge is -2.05. The van der Waals surface area contributed by atoms with E-state index < -0.39 is 15.8 Å². The summed E-state index contributed by atoms with van der Waals surface area (Å²) in [5, 5.41) is 0. The van der Waals surface area contributed by atoms with Crippen molar-refractivity contribution in [3.63, 3.8) is 0 Å². The molecule has 0 saturated carbocycles. The van der Waals surface area contributed by atoms with Crippen molar-refractivity contribution in [1.29, 1.82) is 0 Å². The second kappa shape index (κ2) is 6.68. The van der Waals surface area contributed by atoms with Gasteiger partial charge in [-0.15, -0.1) is 11.3 Å². The van der Waals surface area contributed by atoms with Crippen LogP contribution >= 0.6 is 11.3 Å². The van der Waals surface area contributed by atoms with E-state index in [0.717, 1.165) is 12.1 Å². The normalized spacial score (nSPS) is 11.5. The van der Waals surface area contributed by atoms with Gasteiger partial charge in [-0.25, -0.2) is 17.5 Å². The van der Waals surface area contributed by atoms with E-state index >= 15 is 0 Å². The van der Waals surface area contributed by atoms with Gasteiger partial charge in [0.1, 0.15) is 5.82 Å². The van der Waals surface area contributed by atoms with Crippen LogP contribution in [0.15, 0.2) is 64.1 Å². The third-order valence-corrected chi connectivity index (χ3v) is 5.69. The summed E-state index contributed by atoms with van der Waals surface area (Å²) in [5.41, 5.74) is 0. The first kappa shape index (κ1) is 16.6. The van der Waals surface area contributed by atoms with Crippen molar-refractivity contribution in [3.8, 4) is 0 Å². The molecule has 0 atom stereocenters. The van der Waals surface area contributed by atoms with Crippen LogP contribution in [0.3, 0.4) is 0 Å². The van der Waals surface area contributed by atoms with Crippen LogP contribution < -0.4 is 4.72 Å². The maximum absolute atomic E-state index is 12.9. The Morgan fingerprint density at radius 2 is 1.88 bits per heavy atom. The molecule has 5 nitrogen and oxygen atoms in total. The highest BCUT2D eigenvalue weighted by atomic mass is 32.2. The van der Waals surface area contributed by atoms with E-state index in [1.165, 1.54) is 29.7 Å². The summed E-state index contributed by atoms with van der Waals surface area (Å²) in [4.78, 5) is 13.2. The van der Waals surface area contributed by atoms with Gasteiger partial charge in [0.2, 0.25) is 15.8 Å². The smallest absolute Gasteiger partial charge is 0.240 e. The zero-order chi connectivity index (χ0) is 17.2. The predicted octanol–water partition coefficient (Wildman–Crippen LogP) is 3.19. The Kier molecular flexibility index (Phi) is 4.61. The maximum Gasteiger partial charge on any atom is 0.240 e. The number of nitrogens with one attached hydrogen (secondary N) is 1. The van der Waals surface area contributed by atoms with Crippen LogP contribution in [0.1, 0.15) is 20.3 Å². The molecule has 0 saturated heterocycles. The number of thiophene rings is 1. The van der Waals surface area contributed by atoms with Crippen LogP contribution in [0.25, 0.3) is 0 Å². The Bertz CT molecular complexity index is 944. The molecule has 1 aromatic carbocycles. The number of hydrogen-bond acceptors (Lipinski definition) is 5. The molecular weight excluding hydrogens is 353 g/mol. The summed E-state index contributed by atoms with van der Waals surface area (Å²) in [6.07, 6.45) is 1.42. The SMILES string of the molecule is O=C(c1ccco1)c1ccc(CNS(=O)(=O)c2ccc(F)cc2)s1. The molecule has 3 aromatic rings. The fraction of sp³-hybridized carbons (Fsp3) is 0.0625. The van der Waals surface area contributed by atoms with Gasteiger partial charge in [0.25, 0.3) is 0 Å². The van der Waals surface area contributed by atoms with Crippen LogP contribution in [0.4, 0.5) is 4.39 Å². The number of furan rings is 1. The molecule has 2 aromatic heterocycles. The minimum Gasteiger partial charge on any atom is -0.461 e. The monoisotopic (exact) mass is 365 g/mol. The fourth-order valence-electron chi connectivity index (χ4n) is 1.99. The van der Waals surface area contributed by atoms with Gasteiger partial charge in [-0.3, -0.25) is 4.79 Å². The van der Waals surface area contributed by atoms with E-state index in [1.807, 2.05) is 0 Å². The van der Waals surface area contributed by atoms with Crippen LogP contribution in [0.5, 0.6) is 0 Å². The minimum atomic E-state index is -3.74. The van der Waals surface area contributed by atoms with Gasteiger partial charge in [0, 0.05) is 11.4 Å². The van der Waals surface area contributed by atoms with Gasteiger partial charge in [-0.1, -0.05) is 0 Å². The van der Waals surface area contributed by atoms with Crippen LogP contribution in [0.2, 0.25) is 0 Å². The molecule has 0 aliphatic carbocycles. The standard InChI is InChI=1S/C16H12FNO4S2/c17-11-3-6-13(7-4-11)24(20,21)18-10-12-5-8-15(23-12)16(19)14-2-1-9-22-14/h1-9,18H,10H2. The van der Waals surface area contributed by atoms with Crippen molar-refractivity contribution in [3.05, 3.63) is 76.1 Å². The molecule has 2 heterocycles. The van der Waals surface area contributed by atoms with E-state index in [-0.39, 0.29) is 23.0 Å². The van der Waals surface area contributed by atoms with E-state index in [1.54, 1.807) is 24.3 Å². The number of carbonyl (C=O) groups excluding carboxylic acids is 1. The molecule has 0 fully saturated rings. The van der Waals surface area contributed by atoms with Gasteiger partial charge < -0.3 is 4.42 Å². The number of sulfonamides is 1. The molecule has 124 valence electrons. The molecule has 0 bridgehead atoms. The molecule has 24 heavy (non-hydrogen) atoms. The number of ketones is 1. The van der Waals surface area contributed by atoms with Crippen LogP contribution in [0, 0.1) is 5.82 Å². The predicted molar refractivity (Wildman–Crippen MR) is 86.9 cm³/mol. The third kappa shape index (κ3) is 3.61. The first-order valence-electron chi connectivity index (χ1n) is 6.88. The van der Waals surface area contributed by atoms with Gasteiger partial charge in [0.15, 0.2) is 5.76 Å². The second-order valence-electron chi connectivity index (χ2n) is 4.85. The molecule has 1 N–H and O–H groups in total. The lowest BCUT2D eigenvalue weighted by atomic mass is 10.2. The first-order valence-corrected chi connectivity index (χ1v) is 9.18. The largest absolute Gasteiger partial charge is 0.461 e. The number of rotatable bonds is 6. The average Bonchev–Trinajstić information content (AvgIpc) is 3.25. The first-order chi connectivity index (χ1) is 11.5. The van der Waals surface area contributed by atoms with Crippen molar-refractivity contribution < 1.29 is 22.0 Å². The summed E-state index contributed by atoms with van der Waals surface area (Å²) in [6.45, 7) is 0.0375. The Labute approximate surface area is 141 Å². The van der Waals surface area contributed by atoms with Gasteiger partial charge >= 0.3 is 0 Å². The van der Waals surface area contributed by atoms with Crippen molar-refractivity contribution in [1.82, 2.24) is 4.72 Å². The Morgan fingerprint density at radius 1 is 1.12 bits per heavy atom. The second-order valence-corrected chi connectivity index (χ2v) is 7.79. The highest BCUT2D eigenvalue weighted by Gasteiger charge is 2.17. The molecule has 0 aliphatic rings. The van der Waals surface area contributed by atoms with Gasteiger partial charge in [0.05, 0.1) is 16.0 Å². The molecule has 3 rings (SSSR count). The van der Waals surface area contributed by atoms with Crippen molar-refractivity contribution in [2.24, 2.45) is 0 Å². The molecule has 0 unspecified atom stereocenters. The van der Waals surface area contributed by atoms with E-state index in [4.69, 9.17) is 4.42 Å². The van der Waals surface area contributed by atoms with Gasteiger partial charge in [-0.05, 0) is 48.5 Å². The topological polar surface area (TPSA) is 76.4 Å². The Hall–Kier alpha value is -2.29. The minimum absolute atomic E-state index is 0.0210. The zero-order valence-electron chi connectivity index (χ0n) is 12.2. The van der Waals surface area contributed by atoms with Crippen LogP contribution in [-0.4, -0.2) is 14.2 Å². The van der Waals surface area contributed by atoms with E-state index in [0.29, 0.717) is 9.75 Å². The Balaban J connectivity index is 1.69. The van der Waals surface area contributed by atoms with Crippen molar-refractivity contribution in [2.75, 3.05) is 0 Å². The molecule has 0 spiro atoms. The third-order valence-electron chi connectivity index (χ3n) is 3.19.